The Morgan fingerprint density at radius 3 is 2.82 bits per heavy atom. The fourth-order valence-corrected chi connectivity index (χ4v) is 1.50. The molecule has 0 spiro atoms. The van der Waals surface area contributed by atoms with Crippen LogP contribution in [0.1, 0.15) is 24.9 Å². The molecule has 0 heterocycles. The third-order valence-corrected chi connectivity index (χ3v) is 2.53. The molecule has 1 aromatic carbocycles. The molecule has 0 bridgehead atoms. The Kier molecular flexibility index (Phi) is 4.90. The van der Waals surface area contributed by atoms with E-state index in [-0.39, 0.29) is 17.7 Å². The van der Waals surface area contributed by atoms with Gasteiger partial charge in [0.2, 0.25) is 5.91 Å². The van der Waals surface area contributed by atoms with E-state index in [0.29, 0.717) is 18.5 Å². The second-order valence-corrected chi connectivity index (χ2v) is 3.80. The minimum absolute atomic E-state index is 0.0594. The zero-order chi connectivity index (χ0) is 12.8. The first kappa shape index (κ1) is 13.4. The summed E-state index contributed by atoms with van der Waals surface area (Å²) >= 11 is 0. The van der Waals surface area contributed by atoms with Crippen molar-refractivity contribution in [3.8, 4) is 5.75 Å². The molecule has 1 rings (SSSR count). The standard InChI is InChI=1S/C12H17FN2O2/c1-8(15-6-5-12(17)14-2)10-4-3-9(16)7-11(10)13/h3-4,7-8,15-16H,5-6H2,1-2H3,(H,14,17). The van der Waals surface area contributed by atoms with Crippen LogP contribution in [0.4, 0.5) is 4.39 Å². The van der Waals surface area contributed by atoms with E-state index in [1.807, 2.05) is 0 Å². The highest BCUT2D eigenvalue weighted by Gasteiger charge is 2.11. The van der Waals surface area contributed by atoms with Crippen molar-refractivity contribution in [1.82, 2.24) is 10.6 Å². The zero-order valence-corrected chi connectivity index (χ0v) is 9.96. The largest absolute Gasteiger partial charge is 0.508 e. The molecule has 0 aliphatic rings. The summed E-state index contributed by atoms with van der Waals surface area (Å²) in [6.07, 6.45) is 0.348. The lowest BCUT2D eigenvalue weighted by atomic mass is 10.1. The number of aromatic hydroxyl groups is 1. The summed E-state index contributed by atoms with van der Waals surface area (Å²) in [5.41, 5.74) is 0.472. The van der Waals surface area contributed by atoms with Crippen molar-refractivity contribution in [2.75, 3.05) is 13.6 Å². The molecule has 1 unspecified atom stereocenters. The average Bonchev–Trinajstić information content (AvgIpc) is 2.28. The maximum Gasteiger partial charge on any atom is 0.221 e. The lowest BCUT2D eigenvalue weighted by Crippen LogP contribution is -2.26. The van der Waals surface area contributed by atoms with Crippen molar-refractivity contribution in [1.29, 1.82) is 0 Å². The number of phenols is 1. The first-order chi connectivity index (χ1) is 8.04. The number of benzene rings is 1. The summed E-state index contributed by atoms with van der Waals surface area (Å²) in [5.74, 6) is -0.607. The topological polar surface area (TPSA) is 61.4 Å². The van der Waals surface area contributed by atoms with Crippen LogP contribution >= 0.6 is 0 Å². The van der Waals surface area contributed by atoms with Gasteiger partial charge >= 0.3 is 0 Å². The summed E-state index contributed by atoms with van der Waals surface area (Å²) < 4.78 is 13.5. The molecule has 1 atom stereocenters. The van der Waals surface area contributed by atoms with E-state index in [1.165, 1.54) is 12.1 Å². The highest BCUT2D eigenvalue weighted by molar-refractivity contribution is 5.75. The Morgan fingerprint density at radius 2 is 2.24 bits per heavy atom. The summed E-state index contributed by atoms with van der Waals surface area (Å²) in [7, 11) is 1.57. The fraction of sp³-hybridized carbons (Fsp3) is 0.417. The number of phenolic OH excluding ortho intramolecular Hbond substituents is 1. The number of nitrogens with one attached hydrogen (secondary N) is 2. The molecule has 4 nitrogen and oxygen atoms in total. The summed E-state index contributed by atoms with van der Waals surface area (Å²) in [6.45, 7) is 2.28. The molecule has 0 aromatic heterocycles. The van der Waals surface area contributed by atoms with Crippen LogP contribution in [0.25, 0.3) is 0 Å². The van der Waals surface area contributed by atoms with Gasteiger partial charge in [0.15, 0.2) is 0 Å². The summed E-state index contributed by atoms with van der Waals surface area (Å²) in [4.78, 5) is 11.0. The van der Waals surface area contributed by atoms with Crippen LogP contribution in [0, 0.1) is 5.82 Å². The molecule has 17 heavy (non-hydrogen) atoms. The second kappa shape index (κ2) is 6.20. The fourth-order valence-electron chi connectivity index (χ4n) is 1.50. The van der Waals surface area contributed by atoms with Gasteiger partial charge in [-0.15, -0.1) is 0 Å². The van der Waals surface area contributed by atoms with Crippen LogP contribution in [-0.4, -0.2) is 24.6 Å². The quantitative estimate of drug-likeness (QED) is 0.727. The van der Waals surface area contributed by atoms with Crippen LogP contribution in [0.15, 0.2) is 18.2 Å². The highest BCUT2D eigenvalue weighted by Crippen LogP contribution is 2.20. The number of amides is 1. The Bertz CT molecular complexity index is 396. The minimum Gasteiger partial charge on any atom is -0.508 e. The maximum atomic E-state index is 13.5. The number of halogens is 1. The third-order valence-electron chi connectivity index (χ3n) is 2.53. The van der Waals surface area contributed by atoms with Gasteiger partial charge in [0.25, 0.3) is 0 Å². The Labute approximate surface area is 99.8 Å². The van der Waals surface area contributed by atoms with Crippen LogP contribution in [0.2, 0.25) is 0 Å². The van der Waals surface area contributed by atoms with E-state index in [9.17, 15) is 9.18 Å². The first-order valence-electron chi connectivity index (χ1n) is 5.47. The Balaban J connectivity index is 2.52. The molecule has 0 aliphatic carbocycles. The normalized spacial score (nSPS) is 12.2. The van der Waals surface area contributed by atoms with Crippen molar-refractivity contribution >= 4 is 5.91 Å². The van der Waals surface area contributed by atoms with Gasteiger partial charge in [0.05, 0.1) is 0 Å². The molecule has 94 valence electrons. The molecule has 0 saturated heterocycles. The van der Waals surface area contributed by atoms with Crippen LogP contribution in [0.5, 0.6) is 5.75 Å². The monoisotopic (exact) mass is 240 g/mol. The first-order valence-corrected chi connectivity index (χ1v) is 5.47. The van der Waals surface area contributed by atoms with Crippen LogP contribution in [0.3, 0.4) is 0 Å². The average molecular weight is 240 g/mol. The molecule has 1 amide bonds. The van der Waals surface area contributed by atoms with Gasteiger partial charge in [-0.2, -0.15) is 0 Å². The summed E-state index contributed by atoms with van der Waals surface area (Å²) in [5, 5.41) is 14.6. The SMILES string of the molecule is CNC(=O)CCNC(C)c1ccc(O)cc1F. The van der Waals surface area contributed by atoms with Crippen molar-refractivity contribution in [2.24, 2.45) is 0 Å². The molecule has 0 radical (unpaired) electrons. The van der Waals surface area contributed by atoms with Crippen molar-refractivity contribution in [2.45, 2.75) is 19.4 Å². The van der Waals surface area contributed by atoms with E-state index in [1.54, 1.807) is 14.0 Å². The van der Waals surface area contributed by atoms with Gasteiger partial charge in [-0.3, -0.25) is 4.79 Å². The van der Waals surface area contributed by atoms with E-state index < -0.39 is 5.82 Å². The molecular weight excluding hydrogens is 223 g/mol. The van der Waals surface area contributed by atoms with Crippen LogP contribution < -0.4 is 10.6 Å². The van der Waals surface area contributed by atoms with Crippen molar-refractivity contribution in [3.63, 3.8) is 0 Å². The van der Waals surface area contributed by atoms with Gasteiger partial charge in [-0.05, 0) is 13.0 Å². The van der Waals surface area contributed by atoms with E-state index in [2.05, 4.69) is 10.6 Å². The minimum atomic E-state index is -0.454. The highest BCUT2D eigenvalue weighted by atomic mass is 19.1. The zero-order valence-electron chi connectivity index (χ0n) is 9.96. The molecular formula is C12H17FN2O2. The van der Waals surface area contributed by atoms with Gasteiger partial charge in [-0.25, -0.2) is 4.39 Å². The lowest BCUT2D eigenvalue weighted by Gasteiger charge is -2.14. The second-order valence-electron chi connectivity index (χ2n) is 3.80. The third kappa shape index (κ3) is 4.03. The van der Waals surface area contributed by atoms with Gasteiger partial charge in [-0.1, -0.05) is 6.07 Å². The van der Waals surface area contributed by atoms with Gasteiger partial charge in [0.1, 0.15) is 11.6 Å². The molecule has 0 fully saturated rings. The molecule has 5 heteroatoms. The maximum absolute atomic E-state index is 13.5. The number of rotatable bonds is 5. The number of hydrogen-bond donors (Lipinski definition) is 3. The van der Waals surface area contributed by atoms with Crippen LogP contribution in [-0.2, 0) is 4.79 Å². The number of carbonyl (C=O) groups excluding carboxylic acids is 1. The smallest absolute Gasteiger partial charge is 0.221 e. The summed E-state index contributed by atoms with van der Waals surface area (Å²) in [6, 6.07) is 3.84. The predicted molar refractivity (Wildman–Crippen MR) is 63.2 cm³/mol. The van der Waals surface area contributed by atoms with E-state index >= 15 is 0 Å². The Hall–Kier alpha value is -1.62. The molecule has 1 aromatic rings. The van der Waals surface area contributed by atoms with E-state index in [4.69, 9.17) is 5.11 Å². The Morgan fingerprint density at radius 1 is 1.53 bits per heavy atom. The number of carbonyl (C=O) groups is 1. The van der Waals surface area contributed by atoms with Gasteiger partial charge < -0.3 is 15.7 Å². The van der Waals surface area contributed by atoms with Crippen molar-refractivity contribution < 1.29 is 14.3 Å². The molecule has 0 saturated carbocycles. The molecule has 0 aliphatic heterocycles. The van der Waals surface area contributed by atoms with Gasteiger partial charge in [0, 0.05) is 37.7 Å². The van der Waals surface area contributed by atoms with Crippen molar-refractivity contribution in [3.05, 3.63) is 29.6 Å². The number of hydrogen-bond acceptors (Lipinski definition) is 3. The predicted octanol–water partition coefficient (Wildman–Crippen LogP) is 1.32. The molecule has 3 N–H and O–H groups in total. The van der Waals surface area contributed by atoms with E-state index in [0.717, 1.165) is 6.07 Å². The lowest BCUT2D eigenvalue weighted by molar-refractivity contribution is -0.120.